The average Bonchev–Trinajstić information content (AvgIpc) is 2.69. The van der Waals surface area contributed by atoms with Gasteiger partial charge in [-0.3, -0.25) is 24.0 Å². The molecule has 0 aliphatic carbocycles. The molecule has 0 bridgehead atoms. The summed E-state index contributed by atoms with van der Waals surface area (Å²) >= 11 is 0. The zero-order valence-corrected chi connectivity index (χ0v) is 16.1. The van der Waals surface area contributed by atoms with Gasteiger partial charge < -0.3 is 26.6 Å². The van der Waals surface area contributed by atoms with Gasteiger partial charge in [0.1, 0.15) is 12.1 Å². The Bertz CT molecular complexity index is 768. The summed E-state index contributed by atoms with van der Waals surface area (Å²) in [6, 6.07) is 7.33. The van der Waals surface area contributed by atoms with Crippen LogP contribution in [0, 0.1) is 0 Å². The first-order chi connectivity index (χ1) is 13.8. The van der Waals surface area contributed by atoms with E-state index in [1.807, 2.05) is 30.3 Å². The molecule has 0 saturated carbocycles. The monoisotopic (exact) mass is 403 g/mol. The molecular weight excluding hydrogens is 378 g/mol. The molecule has 0 aromatic heterocycles. The lowest BCUT2D eigenvalue weighted by Crippen LogP contribution is -2.53. The first-order valence-corrected chi connectivity index (χ1v) is 9.30. The average molecular weight is 403 g/mol. The lowest BCUT2D eigenvalue weighted by molar-refractivity contribution is -0.132. The second kappa shape index (κ2) is 10.8. The number of rotatable bonds is 2. The van der Waals surface area contributed by atoms with Crippen molar-refractivity contribution < 1.29 is 24.0 Å². The normalized spacial score (nSPS) is 22.6. The molecule has 0 radical (unpaired) electrons. The van der Waals surface area contributed by atoms with Crippen molar-refractivity contribution in [2.24, 2.45) is 0 Å². The number of carbonyl (C=O) groups is 5. The Morgan fingerprint density at radius 2 is 1.45 bits per heavy atom. The molecule has 0 spiro atoms. The molecule has 1 aromatic rings. The minimum atomic E-state index is -0.917. The van der Waals surface area contributed by atoms with Crippen LogP contribution in [-0.4, -0.2) is 61.3 Å². The van der Waals surface area contributed by atoms with Crippen LogP contribution in [0.5, 0.6) is 0 Å². The van der Waals surface area contributed by atoms with Gasteiger partial charge >= 0.3 is 0 Å². The maximum Gasteiger partial charge on any atom is 0.243 e. The highest BCUT2D eigenvalue weighted by atomic mass is 16.2. The summed E-state index contributed by atoms with van der Waals surface area (Å²) in [7, 11) is 0. The number of carbonyl (C=O) groups excluding carboxylic acids is 5. The minimum Gasteiger partial charge on any atom is -0.354 e. The third kappa shape index (κ3) is 7.60. The van der Waals surface area contributed by atoms with E-state index in [1.54, 1.807) is 0 Å². The van der Waals surface area contributed by atoms with Gasteiger partial charge in [0.05, 0.1) is 13.1 Å². The predicted octanol–water partition coefficient (Wildman–Crippen LogP) is -2.03. The van der Waals surface area contributed by atoms with Crippen molar-refractivity contribution in [3.63, 3.8) is 0 Å². The topological polar surface area (TPSA) is 146 Å². The highest BCUT2D eigenvalue weighted by Gasteiger charge is 2.23. The molecule has 10 nitrogen and oxygen atoms in total. The standard InChI is InChI=1S/C19H25N5O5/c1-12-18(28)21-11-17(27)24-14(9-13-5-3-2-4-6-13)19(29)22-10-16(26)20-8-7-15(25)23-12/h2-6,12,14H,7-11H2,1H3,(H,20,26)(H,21,28)(H,22,29)(H,23,25)(H,24,27)/t12-,14-/m0/s1. The fraction of sp³-hybridized carbons (Fsp3) is 0.421. The molecule has 1 aliphatic rings. The lowest BCUT2D eigenvalue weighted by Gasteiger charge is -2.20. The fourth-order valence-electron chi connectivity index (χ4n) is 2.67. The molecule has 2 rings (SSSR count). The van der Waals surface area contributed by atoms with E-state index in [0.717, 1.165) is 5.56 Å². The first kappa shape index (κ1) is 21.9. The van der Waals surface area contributed by atoms with Crippen LogP contribution in [0.15, 0.2) is 30.3 Å². The van der Waals surface area contributed by atoms with E-state index in [0.29, 0.717) is 0 Å². The molecular formula is C19H25N5O5. The molecule has 1 saturated heterocycles. The van der Waals surface area contributed by atoms with Crippen LogP contribution in [0.3, 0.4) is 0 Å². The molecule has 29 heavy (non-hydrogen) atoms. The summed E-state index contributed by atoms with van der Waals surface area (Å²) in [6.45, 7) is 0.921. The number of nitrogens with one attached hydrogen (secondary N) is 5. The van der Waals surface area contributed by atoms with E-state index < -0.39 is 41.6 Å². The van der Waals surface area contributed by atoms with E-state index in [4.69, 9.17) is 0 Å². The number of hydrogen-bond donors (Lipinski definition) is 5. The zero-order valence-electron chi connectivity index (χ0n) is 16.1. The van der Waals surface area contributed by atoms with Crippen LogP contribution < -0.4 is 26.6 Å². The molecule has 1 fully saturated rings. The molecule has 2 atom stereocenters. The largest absolute Gasteiger partial charge is 0.354 e. The van der Waals surface area contributed by atoms with Gasteiger partial charge in [0.25, 0.3) is 0 Å². The molecule has 0 unspecified atom stereocenters. The van der Waals surface area contributed by atoms with Crippen LogP contribution >= 0.6 is 0 Å². The van der Waals surface area contributed by atoms with Gasteiger partial charge in [-0.15, -0.1) is 0 Å². The zero-order chi connectivity index (χ0) is 21.2. The smallest absolute Gasteiger partial charge is 0.243 e. The summed E-state index contributed by atoms with van der Waals surface area (Å²) in [4.78, 5) is 60.4. The highest BCUT2D eigenvalue weighted by molar-refractivity contribution is 5.93. The summed E-state index contributed by atoms with van der Waals surface area (Å²) < 4.78 is 0. The van der Waals surface area contributed by atoms with Gasteiger partial charge in [-0.25, -0.2) is 0 Å². The van der Waals surface area contributed by atoms with Gasteiger partial charge in [-0.1, -0.05) is 30.3 Å². The van der Waals surface area contributed by atoms with Gasteiger partial charge in [-0.05, 0) is 12.5 Å². The second-order valence-electron chi connectivity index (χ2n) is 6.63. The molecule has 5 amide bonds. The van der Waals surface area contributed by atoms with E-state index in [2.05, 4.69) is 26.6 Å². The Balaban J connectivity index is 2.10. The van der Waals surface area contributed by atoms with Crippen molar-refractivity contribution in [1.82, 2.24) is 26.6 Å². The molecule has 1 aliphatic heterocycles. The van der Waals surface area contributed by atoms with Crippen LogP contribution in [0.4, 0.5) is 0 Å². The second-order valence-corrected chi connectivity index (χ2v) is 6.63. The predicted molar refractivity (Wildman–Crippen MR) is 103 cm³/mol. The van der Waals surface area contributed by atoms with Gasteiger partial charge in [0.15, 0.2) is 0 Å². The Morgan fingerprint density at radius 1 is 0.793 bits per heavy atom. The fourth-order valence-corrected chi connectivity index (χ4v) is 2.67. The van der Waals surface area contributed by atoms with Crippen LogP contribution in [0.25, 0.3) is 0 Å². The van der Waals surface area contributed by atoms with Crippen molar-refractivity contribution in [2.75, 3.05) is 19.6 Å². The van der Waals surface area contributed by atoms with Crippen LogP contribution in [-0.2, 0) is 30.4 Å². The van der Waals surface area contributed by atoms with Crippen molar-refractivity contribution in [1.29, 1.82) is 0 Å². The highest BCUT2D eigenvalue weighted by Crippen LogP contribution is 2.03. The van der Waals surface area contributed by atoms with Gasteiger partial charge in [0.2, 0.25) is 29.5 Å². The molecule has 10 heteroatoms. The lowest BCUT2D eigenvalue weighted by atomic mass is 10.1. The maximum atomic E-state index is 12.5. The van der Waals surface area contributed by atoms with E-state index in [1.165, 1.54) is 6.92 Å². The maximum absolute atomic E-state index is 12.5. The molecule has 1 heterocycles. The Kier molecular flexibility index (Phi) is 8.13. The van der Waals surface area contributed by atoms with Crippen molar-refractivity contribution in [2.45, 2.75) is 31.8 Å². The van der Waals surface area contributed by atoms with Crippen LogP contribution in [0.2, 0.25) is 0 Å². The van der Waals surface area contributed by atoms with Gasteiger partial charge in [0, 0.05) is 19.4 Å². The first-order valence-electron chi connectivity index (χ1n) is 9.30. The Labute approximate surface area is 168 Å². The summed E-state index contributed by atoms with van der Waals surface area (Å²) in [5, 5.41) is 12.5. The van der Waals surface area contributed by atoms with Crippen molar-refractivity contribution >= 4 is 29.5 Å². The van der Waals surface area contributed by atoms with E-state index in [9.17, 15) is 24.0 Å². The van der Waals surface area contributed by atoms with Gasteiger partial charge in [-0.2, -0.15) is 0 Å². The summed E-state index contributed by atoms with van der Waals surface area (Å²) in [6.07, 6.45) is 0.203. The summed E-state index contributed by atoms with van der Waals surface area (Å²) in [5.74, 6) is -2.51. The third-order valence-electron chi connectivity index (χ3n) is 4.23. The Hall–Kier alpha value is -3.43. The van der Waals surface area contributed by atoms with E-state index >= 15 is 0 Å². The Morgan fingerprint density at radius 3 is 2.17 bits per heavy atom. The molecule has 156 valence electrons. The molecule has 1 aromatic carbocycles. The number of benzene rings is 1. The molecule has 5 N–H and O–H groups in total. The van der Waals surface area contributed by atoms with E-state index in [-0.39, 0.29) is 32.5 Å². The quantitative estimate of drug-likeness (QED) is 0.387. The minimum absolute atomic E-state index is 0.0194. The summed E-state index contributed by atoms with van der Waals surface area (Å²) in [5.41, 5.74) is 0.826. The third-order valence-corrected chi connectivity index (χ3v) is 4.23. The number of amides is 5. The van der Waals surface area contributed by atoms with Crippen LogP contribution in [0.1, 0.15) is 18.9 Å². The van der Waals surface area contributed by atoms with Crippen molar-refractivity contribution in [3.05, 3.63) is 35.9 Å². The van der Waals surface area contributed by atoms with Crippen molar-refractivity contribution in [3.8, 4) is 0 Å². The number of hydrogen-bond acceptors (Lipinski definition) is 5. The SMILES string of the molecule is C[C@@H]1NC(=O)CCNC(=O)CNC(=O)[C@H](Cc2ccccc2)NC(=O)CNC1=O.